The van der Waals surface area contributed by atoms with Crippen LogP contribution in [0.3, 0.4) is 0 Å². The maximum absolute atomic E-state index is 13.0. The van der Waals surface area contributed by atoms with Crippen LogP contribution in [0, 0.1) is 0 Å². The van der Waals surface area contributed by atoms with Gasteiger partial charge < -0.3 is 4.74 Å². The normalized spacial score (nSPS) is 18.4. The Morgan fingerprint density at radius 3 is 2.72 bits per heavy atom. The number of aromatic nitrogens is 2. The van der Waals surface area contributed by atoms with Crippen LogP contribution < -0.4 is 4.74 Å². The van der Waals surface area contributed by atoms with Crippen molar-refractivity contribution in [3.63, 3.8) is 0 Å². The van der Waals surface area contributed by atoms with E-state index in [9.17, 15) is 8.42 Å². The van der Waals surface area contributed by atoms with Crippen LogP contribution in [0.15, 0.2) is 35.5 Å². The van der Waals surface area contributed by atoms with Crippen LogP contribution in [0.4, 0.5) is 0 Å². The molecular weight excluding hydrogens is 338 g/mol. The number of nitrogens with zero attached hydrogens (tertiary/aromatic N) is 3. The van der Waals surface area contributed by atoms with Crippen molar-refractivity contribution < 1.29 is 13.2 Å². The lowest BCUT2D eigenvalue weighted by molar-refractivity contribution is 0.410. The number of rotatable bonds is 4. The van der Waals surface area contributed by atoms with Crippen molar-refractivity contribution in [2.75, 3.05) is 20.2 Å². The van der Waals surface area contributed by atoms with Gasteiger partial charge in [0.2, 0.25) is 10.0 Å². The molecule has 0 unspecified atom stereocenters. The van der Waals surface area contributed by atoms with E-state index in [0.29, 0.717) is 37.6 Å². The maximum Gasteiger partial charge on any atom is 0.243 e. The Labute approximate surface area is 147 Å². The molecule has 2 heterocycles. The van der Waals surface area contributed by atoms with E-state index in [-0.39, 0.29) is 4.90 Å². The molecule has 0 amide bonds. The molecule has 1 aliphatic carbocycles. The molecule has 132 valence electrons. The zero-order valence-corrected chi connectivity index (χ0v) is 15.0. The predicted molar refractivity (Wildman–Crippen MR) is 93.2 cm³/mol. The van der Waals surface area contributed by atoms with Gasteiger partial charge in [0.15, 0.2) is 0 Å². The van der Waals surface area contributed by atoms with Crippen molar-refractivity contribution in [2.45, 2.75) is 36.5 Å². The lowest BCUT2D eigenvalue weighted by Crippen LogP contribution is -2.33. The molecule has 25 heavy (non-hydrogen) atoms. The van der Waals surface area contributed by atoms with Crippen molar-refractivity contribution in [1.82, 2.24) is 14.3 Å². The summed E-state index contributed by atoms with van der Waals surface area (Å²) >= 11 is 0. The van der Waals surface area contributed by atoms with Crippen molar-refractivity contribution >= 4 is 10.0 Å². The Hall–Kier alpha value is -1.99. The summed E-state index contributed by atoms with van der Waals surface area (Å²) < 4.78 is 32.8. The fourth-order valence-corrected chi connectivity index (χ4v) is 4.87. The molecule has 1 aliphatic heterocycles. The van der Waals surface area contributed by atoms with Crippen LogP contribution in [0.2, 0.25) is 0 Å². The summed E-state index contributed by atoms with van der Waals surface area (Å²) in [5.41, 5.74) is 3.29. The van der Waals surface area contributed by atoms with Crippen molar-refractivity contribution in [1.29, 1.82) is 0 Å². The van der Waals surface area contributed by atoms with Crippen LogP contribution in [0.25, 0.3) is 0 Å². The number of hydrogen-bond donors (Lipinski definition) is 0. The van der Waals surface area contributed by atoms with Crippen LogP contribution in [-0.2, 0) is 22.9 Å². The zero-order valence-electron chi connectivity index (χ0n) is 14.2. The molecule has 7 heteroatoms. The minimum atomic E-state index is -3.55. The third-order valence-corrected chi connectivity index (χ3v) is 6.81. The molecule has 1 aromatic heterocycles. The fraction of sp³-hybridized carbons (Fsp3) is 0.444. The van der Waals surface area contributed by atoms with Crippen molar-refractivity contribution in [2.24, 2.45) is 0 Å². The smallest absolute Gasteiger partial charge is 0.243 e. The van der Waals surface area contributed by atoms with Gasteiger partial charge in [-0.15, -0.1) is 0 Å². The van der Waals surface area contributed by atoms with E-state index >= 15 is 0 Å². The van der Waals surface area contributed by atoms with Crippen LogP contribution in [-0.4, -0.2) is 42.9 Å². The van der Waals surface area contributed by atoms with Crippen molar-refractivity contribution in [3.05, 3.63) is 47.5 Å². The molecule has 2 aliphatic rings. The second-order valence-electron chi connectivity index (χ2n) is 6.54. The highest BCUT2D eigenvalue weighted by atomic mass is 32.2. The quantitative estimate of drug-likeness (QED) is 0.836. The van der Waals surface area contributed by atoms with E-state index in [4.69, 9.17) is 4.74 Å². The minimum Gasteiger partial charge on any atom is -0.497 e. The Morgan fingerprint density at radius 2 is 1.96 bits per heavy atom. The first-order valence-electron chi connectivity index (χ1n) is 8.56. The van der Waals surface area contributed by atoms with Gasteiger partial charge in [-0.1, -0.05) is 6.07 Å². The first-order valence-corrected chi connectivity index (χ1v) is 10.0. The molecule has 0 saturated heterocycles. The minimum absolute atomic E-state index is 0.270. The third kappa shape index (κ3) is 3.14. The average Bonchev–Trinajstić information content (AvgIpc) is 3.47. The summed E-state index contributed by atoms with van der Waals surface area (Å²) in [5, 5.41) is 0. The van der Waals surface area contributed by atoms with Crippen LogP contribution in [0.1, 0.15) is 35.7 Å². The average molecular weight is 359 g/mol. The number of fused-ring (bicyclic) bond motifs is 1. The van der Waals surface area contributed by atoms with Gasteiger partial charge in [-0.05, 0) is 37.0 Å². The summed E-state index contributed by atoms with van der Waals surface area (Å²) in [6, 6.07) is 6.64. The highest BCUT2D eigenvalue weighted by Gasteiger charge is 2.32. The lowest BCUT2D eigenvalue weighted by Gasteiger charge is -2.20. The maximum atomic E-state index is 13.0. The molecule has 6 nitrogen and oxygen atoms in total. The molecule has 0 bridgehead atoms. The first kappa shape index (κ1) is 16.5. The Morgan fingerprint density at radius 1 is 1.16 bits per heavy atom. The number of sulfonamides is 1. The molecule has 1 fully saturated rings. The third-order valence-electron chi connectivity index (χ3n) is 4.92. The van der Waals surface area contributed by atoms with E-state index in [1.165, 1.54) is 20.0 Å². The standard InChI is InChI=1S/C18H21N3O3S/c1-24-14-3-2-4-15(11-14)25(22,23)21-9-7-16-17(8-10-21)19-12-20-18(16)13-5-6-13/h2-4,11-13H,5-10H2,1H3. The fourth-order valence-electron chi connectivity index (χ4n) is 3.39. The van der Waals surface area contributed by atoms with E-state index in [1.54, 1.807) is 34.9 Å². The molecule has 1 aromatic carbocycles. The Balaban J connectivity index is 1.61. The van der Waals surface area contributed by atoms with Crippen LogP contribution in [0.5, 0.6) is 5.75 Å². The zero-order chi connectivity index (χ0) is 17.4. The number of benzene rings is 1. The SMILES string of the molecule is COc1cccc(S(=O)(=O)N2CCc3ncnc(C4CC4)c3CC2)c1. The summed E-state index contributed by atoms with van der Waals surface area (Å²) in [4.78, 5) is 9.15. The van der Waals surface area contributed by atoms with E-state index < -0.39 is 10.0 Å². The number of ether oxygens (including phenoxy) is 1. The summed E-state index contributed by atoms with van der Waals surface area (Å²) in [6.45, 7) is 0.896. The van der Waals surface area contributed by atoms with Gasteiger partial charge in [0, 0.05) is 37.2 Å². The van der Waals surface area contributed by atoms with E-state index in [2.05, 4.69) is 9.97 Å². The summed E-state index contributed by atoms with van der Waals surface area (Å²) in [5.74, 6) is 1.08. The van der Waals surface area contributed by atoms with E-state index in [1.807, 2.05) is 0 Å². The van der Waals surface area contributed by atoms with Gasteiger partial charge in [-0.2, -0.15) is 4.31 Å². The summed E-state index contributed by atoms with van der Waals surface area (Å²) in [6.07, 6.45) is 5.27. The largest absolute Gasteiger partial charge is 0.497 e. The molecule has 0 radical (unpaired) electrons. The molecule has 2 aromatic rings. The lowest BCUT2D eigenvalue weighted by atomic mass is 10.0. The van der Waals surface area contributed by atoms with Crippen LogP contribution >= 0.6 is 0 Å². The molecule has 4 rings (SSSR count). The molecule has 1 saturated carbocycles. The summed E-state index contributed by atoms with van der Waals surface area (Å²) in [7, 11) is -2.01. The highest BCUT2D eigenvalue weighted by Crippen LogP contribution is 2.41. The van der Waals surface area contributed by atoms with Gasteiger partial charge in [-0.3, -0.25) is 0 Å². The second kappa shape index (κ2) is 6.38. The van der Waals surface area contributed by atoms with Gasteiger partial charge in [-0.25, -0.2) is 18.4 Å². The Bertz CT molecular complexity index is 894. The number of hydrogen-bond acceptors (Lipinski definition) is 5. The second-order valence-corrected chi connectivity index (χ2v) is 8.48. The van der Waals surface area contributed by atoms with E-state index in [0.717, 1.165) is 17.0 Å². The van der Waals surface area contributed by atoms with Gasteiger partial charge in [0.25, 0.3) is 0 Å². The first-order chi connectivity index (χ1) is 12.1. The Kier molecular flexibility index (Phi) is 4.21. The number of methoxy groups -OCH3 is 1. The molecule has 0 atom stereocenters. The monoisotopic (exact) mass is 359 g/mol. The van der Waals surface area contributed by atoms with Crippen molar-refractivity contribution in [3.8, 4) is 5.75 Å². The van der Waals surface area contributed by atoms with Gasteiger partial charge >= 0.3 is 0 Å². The molecular formula is C18H21N3O3S. The van der Waals surface area contributed by atoms with Gasteiger partial charge in [0.05, 0.1) is 17.7 Å². The predicted octanol–water partition coefficient (Wildman–Crippen LogP) is 2.15. The molecule has 0 N–H and O–H groups in total. The topological polar surface area (TPSA) is 72.4 Å². The molecule has 0 spiro atoms. The highest BCUT2D eigenvalue weighted by molar-refractivity contribution is 7.89. The van der Waals surface area contributed by atoms with Gasteiger partial charge in [0.1, 0.15) is 12.1 Å².